The number of fused-ring (bicyclic) bond motifs is 11. The second kappa shape index (κ2) is 11.1. The van der Waals surface area contributed by atoms with Crippen LogP contribution in [0.15, 0.2) is 194 Å². The zero-order valence-electron chi connectivity index (χ0n) is 29.3. The predicted octanol–water partition coefficient (Wildman–Crippen LogP) is 12.9. The van der Waals surface area contributed by atoms with E-state index < -0.39 is 0 Å². The van der Waals surface area contributed by atoms with Crippen LogP contribution in [-0.2, 0) is 0 Å². The normalized spacial score (nSPS) is 12.1. The molecular formula is C50H32N4. The molecule has 0 saturated heterocycles. The molecule has 0 amide bonds. The number of hydrogen-bond donors (Lipinski definition) is 0. The SMILES string of the molecule is c1ccc(-n2c3ccccc3n3c4ccccc4c(-c4cc(-n5c6ccccc6c6ccccc65)cc(-n5c6ccccc6c6ccccc65)c4)c23)cc1. The largest absolute Gasteiger partial charge is 0.309 e. The Labute approximate surface area is 310 Å². The van der Waals surface area contributed by atoms with Crippen molar-refractivity contribution in [1.29, 1.82) is 0 Å². The minimum absolute atomic E-state index is 1.12. The second-order valence-electron chi connectivity index (χ2n) is 14.2. The fraction of sp³-hybridized carbons (Fsp3) is 0. The topological polar surface area (TPSA) is 19.2 Å². The first-order chi connectivity index (χ1) is 26.8. The molecule has 0 unspecified atom stereocenters. The van der Waals surface area contributed by atoms with Crippen LogP contribution in [-0.4, -0.2) is 18.1 Å². The number of nitrogens with zero attached hydrogens (tertiary/aromatic N) is 4. The van der Waals surface area contributed by atoms with Gasteiger partial charge in [-0.2, -0.15) is 0 Å². The fourth-order valence-electron chi connectivity index (χ4n) is 9.16. The molecule has 0 atom stereocenters. The molecule has 0 aliphatic heterocycles. The van der Waals surface area contributed by atoms with Crippen molar-refractivity contribution in [2.45, 2.75) is 0 Å². The van der Waals surface area contributed by atoms with E-state index in [1.165, 1.54) is 71.1 Å². The van der Waals surface area contributed by atoms with Gasteiger partial charge < -0.3 is 9.13 Å². The Morgan fingerprint density at radius 2 is 0.648 bits per heavy atom. The van der Waals surface area contributed by atoms with Crippen LogP contribution in [0.2, 0.25) is 0 Å². The van der Waals surface area contributed by atoms with Crippen LogP contribution >= 0.6 is 0 Å². The number of rotatable bonds is 4. The quantitative estimate of drug-likeness (QED) is 0.175. The first kappa shape index (κ1) is 29.3. The van der Waals surface area contributed by atoms with Crippen molar-refractivity contribution in [2.75, 3.05) is 0 Å². The average Bonchev–Trinajstić information content (AvgIpc) is 3.96. The Hall–Kier alpha value is -7.30. The third kappa shape index (κ3) is 3.97. The number of aromatic nitrogens is 4. The van der Waals surface area contributed by atoms with Gasteiger partial charge in [0.15, 0.2) is 0 Å². The Kier molecular flexibility index (Phi) is 6.02. The molecule has 0 aliphatic carbocycles. The summed E-state index contributed by atoms with van der Waals surface area (Å²) in [5.74, 6) is 0. The van der Waals surface area contributed by atoms with E-state index in [9.17, 15) is 0 Å². The Bertz CT molecular complexity index is 3200. The van der Waals surface area contributed by atoms with Gasteiger partial charge in [-0.25, -0.2) is 0 Å². The molecule has 0 N–H and O–H groups in total. The van der Waals surface area contributed by atoms with Crippen LogP contribution in [0, 0.1) is 0 Å². The summed E-state index contributed by atoms with van der Waals surface area (Å²) in [5.41, 5.74) is 15.2. The molecule has 4 aromatic heterocycles. The maximum atomic E-state index is 2.46. The van der Waals surface area contributed by atoms with E-state index >= 15 is 0 Å². The van der Waals surface area contributed by atoms with E-state index in [2.05, 4.69) is 212 Å². The van der Waals surface area contributed by atoms with Crippen molar-refractivity contribution in [1.82, 2.24) is 18.1 Å². The summed E-state index contributed by atoms with van der Waals surface area (Å²) in [4.78, 5) is 0. The molecule has 8 aromatic carbocycles. The van der Waals surface area contributed by atoms with Crippen molar-refractivity contribution in [3.8, 4) is 28.2 Å². The molecule has 252 valence electrons. The van der Waals surface area contributed by atoms with Crippen molar-refractivity contribution >= 4 is 71.2 Å². The number of hydrogen-bond acceptors (Lipinski definition) is 0. The van der Waals surface area contributed by atoms with E-state index in [1.54, 1.807) is 0 Å². The highest BCUT2D eigenvalue weighted by Gasteiger charge is 2.24. The monoisotopic (exact) mass is 688 g/mol. The van der Waals surface area contributed by atoms with E-state index in [1.807, 2.05) is 0 Å². The summed E-state index contributed by atoms with van der Waals surface area (Å²) in [5, 5.41) is 6.21. The van der Waals surface area contributed by atoms with E-state index in [-0.39, 0.29) is 0 Å². The summed E-state index contributed by atoms with van der Waals surface area (Å²) >= 11 is 0. The molecule has 0 bridgehead atoms. The molecule has 4 heterocycles. The number of imidazole rings is 1. The predicted molar refractivity (Wildman–Crippen MR) is 226 cm³/mol. The Morgan fingerprint density at radius 3 is 1.15 bits per heavy atom. The Balaban J connectivity index is 1.28. The van der Waals surface area contributed by atoms with E-state index in [4.69, 9.17) is 0 Å². The van der Waals surface area contributed by atoms with Crippen LogP contribution in [0.4, 0.5) is 0 Å². The summed E-state index contributed by atoms with van der Waals surface area (Å²) in [6, 6.07) is 70.8. The zero-order chi connectivity index (χ0) is 35.3. The molecule has 0 fully saturated rings. The van der Waals surface area contributed by atoms with Gasteiger partial charge in [-0.05, 0) is 78.4 Å². The van der Waals surface area contributed by atoms with Crippen LogP contribution in [0.25, 0.3) is 99.4 Å². The van der Waals surface area contributed by atoms with Crippen LogP contribution in [0.5, 0.6) is 0 Å². The molecule has 0 saturated carbocycles. The molecule has 0 radical (unpaired) electrons. The van der Waals surface area contributed by atoms with Gasteiger partial charge in [0, 0.05) is 49.6 Å². The minimum atomic E-state index is 1.12. The molecule has 12 aromatic rings. The van der Waals surface area contributed by atoms with Gasteiger partial charge in [0.25, 0.3) is 0 Å². The van der Waals surface area contributed by atoms with Crippen molar-refractivity contribution < 1.29 is 0 Å². The van der Waals surface area contributed by atoms with Crippen LogP contribution < -0.4 is 0 Å². The standard InChI is InChI=1S/C50H32N4/c1-2-16-34(17-3-1)53-47-28-14-15-29-48(47)54-46-27-13-8-22-41(46)49(50(53)54)33-30-35(51-42-23-9-4-18-37(42)38-19-5-10-24-43(38)51)32-36(31-33)52-44-25-11-6-20-39(44)40-21-7-12-26-45(40)52/h1-32H. The molecule has 54 heavy (non-hydrogen) atoms. The van der Waals surface area contributed by atoms with Gasteiger partial charge >= 0.3 is 0 Å². The molecule has 4 nitrogen and oxygen atoms in total. The van der Waals surface area contributed by atoms with Crippen LogP contribution in [0.3, 0.4) is 0 Å². The summed E-state index contributed by atoms with van der Waals surface area (Å²) in [6.07, 6.45) is 0. The van der Waals surface area contributed by atoms with Gasteiger partial charge in [-0.1, -0.05) is 121 Å². The highest BCUT2D eigenvalue weighted by atomic mass is 15.1. The first-order valence-corrected chi connectivity index (χ1v) is 18.5. The first-order valence-electron chi connectivity index (χ1n) is 18.5. The van der Waals surface area contributed by atoms with Crippen molar-refractivity contribution in [2.24, 2.45) is 0 Å². The number of para-hydroxylation sites is 8. The average molecular weight is 689 g/mol. The van der Waals surface area contributed by atoms with Gasteiger partial charge in [-0.3, -0.25) is 8.97 Å². The van der Waals surface area contributed by atoms with Crippen molar-refractivity contribution in [3.63, 3.8) is 0 Å². The highest BCUT2D eigenvalue weighted by molar-refractivity contribution is 6.13. The fourth-order valence-corrected chi connectivity index (χ4v) is 9.16. The summed E-state index contributed by atoms with van der Waals surface area (Å²) in [6.45, 7) is 0. The molecule has 0 aliphatic rings. The molecule has 0 spiro atoms. The van der Waals surface area contributed by atoms with Gasteiger partial charge in [0.05, 0.1) is 38.6 Å². The lowest BCUT2D eigenvalue weighted by molar-refractivity contribution is 1.13. The van der Waals surface area contributed by atoms with Crippen molar-refractivity contribution in [3.05, 3.63) is 194 Å². The molecular weight excluding hydrogens is 657 g/mol. The Morgan fingerprint density at radius 1 is 0.259 bits per heavy atom. The third-order valence-electron chi connectivity index (χ3n) is 11.3. The third-order valence-corrected chi connectivity index (χ3v) is 11.3. The smallest absolute Gasteiger partial charge is 0.131 e. The van der Waals surface area contributed by atoms with Gasteiger partial charge in [0.2, 0.25) is 0 Å². The minimum Gasteiger partial charge on any atom is -0.309 e. The van der Waals surface area contributed by atoms with Gasteiger partial charge in [-0.15, -0.1) is 0 Å². The maximum absolute atomic E-state index is 2.46. The lowest BCUT2D eigenvalue weighted by Gasteiger charge is -2.16. The van der Waals surface area contributed by atoms with E-state index in [0.717, 1.165) is 28.3 Å². The van der Waals surface area contributed by atoms with Crippen LogP contribution in [0.1, 0.15) is 0 Å². The zero-order valence-corrected chi connectivity index (χ0v) is 29.3. The number of benzene rings is 8. The maximum Gasteiger partial charge on any atom is 0.131 e. The summed E-state index contributed by atoms with van der Waals surface area (Å²) < 4.78 is 9.81. The molecule has 12 rings (SSSR count). The second-order valence-corrected chi connectivity index (χ2v) is 14.2. The van der Waals surface area contributed by atoms with E-state index in [0.29, 0.717) is 0 Å². The summed E-state index contributed by atoms with van der Waals surface area (Å²) in [7, 11) is 0. The highest BCUT2D eigenvalue weighted by Crippen LogP contribution is 2.44. The lowest BCUT2D eigenvalue weighted by atomic mass is 10.0. The van der Waals surface area contributed by atoms with Gasteiger partial charge in [0.1, 0.15) is 5.65 Å². The lowest BCUT2D eigenvalue weighted by Crippen LogP contribution is -2.01. The molecule has 4 heteroatoms.